The highest BCUT2D eigenvalue weighted by Gasteiger charge is 2.36. The zero-order valence-electron chi connectivity index (χ0n) is 20.1. The Hall–Kier alpha value is -3.26. The first kappa shape index (κ1) is 25.4. The maximum absolute atomic E-state index is 13.1. The minimum atomic E-state index is -0.339. The number of hydrogen-bond donors (Lipinski definition) is 0. The number of ether oxygens (including phenoxy) is 1. The number of halogens is 2. The average molecular weight is 594 g/mol. The molecule has 0 saturated carbocycles. The zero-order valence-corrected chi connectivity index (χ0v) is 23.2. The number of imide groups is 1. The summed E-state index contributed by atoms with van der Waals surface area (Å²) in [5, 5.41) is 0.217. The van der Waals surface area contributed by atoms with Crippen molar-refractivity contribution in [2.24, 2.45) is 0 Å². The Morgan fingerprint density at radius 1 is 0.919 bits per heavy atom. The third kappa shape index (κ3) is 5.39. The first-order chi connectivity index (χ1) is 17.8. The molecule has 0 atom stereocenters. The van der Waals surface area contributed by atoms with Gasteiger partial charge in [-0.15, -0.1) is 0 Å². The van der Waals surface area contributed by atoms with Crippen molar-refractivity contribution < 1.29 is 14.3 Å². The molecule has 1 fully saturated rings. The minimum absolute atomic E-state index is 0.328. The molecule has 0 bridgehead atoms. The van der Waals surface area contributed by atoms with Crippen LogP contribution in [0.3, 0.4) is 0 Å². The Balaban J connectivity index is 1.34. The minimum Gasteiger partial charge on any atom is -0.489 e. The molecular weight excluding hydrogens is 572 g/mol. The van der Waals surface area contributed by atoms with E-state index in [0.717, 1.165) is 50.2 Å². The Bertz CT molecular complexity index is 1510. The summed E-state index contributed by atoms with van der Waals surface area (Å²) in [7, 11) is 0. The lowest BCUT2D eigenvalue weighted by molar-refractivity contribution is -0.113. The Morgan fingerprint density at radius 2 is 1.57 bits per heavy atom. The van der Waals surface area contributed by atoms with Gasteiger partial charge in [0.25, 0.3) is 11.1 Å². The van der Waals surface area contributed by atoms with E-state index >= 15 is 0 Å². The maximum atomic E-state index is 13.1. The van der Waals surface area contributed by atoms with Gasteiger partial charge in [-0.3, -0.25) is 9.59 Å². The Morgan fingerprint density at radius 3 is 2.24 bits per heavy atom. The topological polar surface area (TPSA) is 51.5 Å². The van der Waals surface area contributed by atoms with Crippen molar-refractivity contribution in [3.8, 4) is 11.4 Å². The standard InChI is InChI=1S/C29H22BrClN2O3S/c1-18-15-21(16-27-28(34)33(29(35)37-27)25-9-7-23(31)8-10-25)19(2)32(18)24-11-13-26(14-12-24)36-17-20-3-5-22(30)6-4-20/h3-16H,17H2,1-2H3/b27-16+. The van der Waals surface area contributed by atoms with Crippen molar-refractivity contribution in [3.63, 3.8) is 0 Å². The van der Waals surface area contributed by atoms with Crippen molar-refractivity contribution >= 4 is 62.2 Å². The molecule has 0 unspecified atom stereocenters. The Kier molecular flexibility index (Phi) is 7.29. The predicted molar refractivity (Wildman–Crippen MR) is 154 cm³/mol. The van der Waals surface area contributed by atoms with E-state index in [2.05, 4.69) is 20.5 Å². The summed E-state index contributed by atoms with van der Waals surface area (Å²) in [4.78, 5) is 27.2. The second-order valence-electron chi connectivity index (χ2n) is 8.56. The van der Waals surface area contributed by atoms with E-state index < -0.39 is 0 Å². The molecule has 186 valence electrons. The number of amides is 2. The molecule has 0 aliphatic carbocycles. The predicted octanol–water partition coefficient (Wildman–Crippen LogP) is 8.33. The number of aryl methyl sites for hydroxylation is 1. The highest BCUT2D eigenvalue weighted by Crippen LogP contribution is 2.37. The van der Waals surface area contributed by atoms with Crippen molar-refractivity contribution in [2.75, 3.05) is 4.90 Å². The van der Waals surface area contributed by atoms with Gasteiger partial charge in [-0.25, -0.2) is 4.90 Å². The summed E-state index contributed by atoms with van der Waals surface area (Å²) in [6.45, 7) is 4.51. The first-order valence-corrected chi connectivity index (χ1v) is 13.5. The Labute approximate surface area is 232 Å². The van der Waals surface area contributed by atoms with Crippen LogP contribution in [0.1, 0.15) is 22.5 Å². The van der Waals surface area contributed by atoms with Crippen LogP contribution >= 0.6 is 39.3 Å². The molecule has 5 nitrogen and oxygen atoms in total. The van der Waals surface area contributed by atoms with Gasteiger partial charge in [0.1, 0.15) is 12.4 Å². The first-order valence-electron chi connectivity index (χ1n) is 11.5. The number of thioether (sulfide) groups is 1. The normalized spacial score (nSPS) is 14.6. The van der Waals surface area contributed by atoms with Gasteiger partial charge >= 0.3 is 0 Å². The third-order valence-corrected chi connectivity index (χ3v) is 7.70. The van der Waals surface area contributed by atoms with Crippen molar-refractivity contribution in [1.29, 1.82) is 0 Å². The van der Waals surface area contributed by atoms with Crippen LogP contribution in [0.2, 0.25) is 5.02 Å². The molecule has 37 heavy (non-hydrogen) atoms. The fourth-order valence-corrected chi connectivity index (χ4v) is 5.41. The van der Waals surface area contributed by atoms with E-state index in [0.29, 0.717) is 22.2 Å². The van der Waals surface area contributed by atoms with Crippen LogP contribution in [0.4, 0.5) is 10.5 Å². The van der Waals surface area contributed by atoms with Crippen molar-refractivity contribution in [2.45, 2.75) is 20.5 Å². The largest absolute Gasteiger partial charge is 0.489 e. The number of hydrogen-bond acceptors (Lipinski definition) is 4. The van der Waals surface area contributed by atoms with Crippen LogP contribution in [0.15, 0.2) is 88.2 Å². The molecular formula is C29H22BrClN2O3S. The average Bonchev–Trinajstić information content (AvgIpc) is 3.33. The van der Waals surface area contributed by atoms with Gasteiger partial charge in [-0.2, -0.15) is 0 Å². The van der Waals surface area contributed by atoms with E-state index in [1.165, 1.54) is 4.90 Å². The second kappa shape index (κ2) is 10.6. The van der Waals surface area contributed by atoms with Gasteiger partial charge in [-0.05, 0) is 110 Å². The van der Waals surface area contributed by atoms with Gasteiger partial charge in [-0.1, -0.05) is 39.7 Å². The molecule has 2 heterocycles. The van der Waals surface area contributed by atoms with Crippen LogP contribution in [-0.4, -0.2) is 15.7 Å². The molecule has 1 saturated heterocycles. The second-order valence-corrected chi connectivity index (χ2v) is 10.9. The molecule has 8 heteroatoms. The number of anilines is 1. The molecule has 2 amide bonds. The number of benzene rings is 3. The van der Waals surface area contributed by atoms with Crippen LogP contribution in [0.25, 0.3) is 11.8 Å². The molecule has 5 rings (SSSR count). The highest BCUT2D eigenvalue weighted by molar-refractivity contribution is 9.10. The molecule has 1 aromatic heterocycles. The number of carbonyl (C=O) groups excluding carboxylic acids is 2. The lowest BCUT2D eigenvalue weighted by Gasteiger charge is -2.12. The van der Waals surface area contributed by atoms with Gasteiger partial charge in [0, 0.05) is 26.6 Å². The number of nitrogens with zero attached hydrogens (tertiary/aromatic N) is 2. The van der Waals surface area contributed by atoms with Gasteiger partial charge in [0.05, 0.1) is 10.6 Å². The van der Waals surface area contributed by atoms with E-state index in [1.54, 1.807) is 30.3 Å². The van der Waals surface area contributed by atoms with E-state index in [1.807, 2.05) is 68.4 Å². The third-order valence-electron chi connectivity index (χ3n) is 6.05. The fraction of sp³-hybridized carbons (Fsp3) is 0.103. The zero-order chi connectivity index (χ0) is 26.1. The summed E-state index contributed by atoms with van der Waals surface area (Å²) in [5.41, 5.74) is 5.45. The number of aromatic nitrogens is 1. The maximum Gasteiger partial charge on any atom is 0.298 e. The van der Waals surface area contributed by atoms with Gasteiger partial charge < -0.3 is 9.30 Å². The van der Waals surface area contributed by atoms with Gasteiger partial charge in [0.15, 0.2) is 0 Å². The SMILES string of the molecule is Cc1cc(/C=C2/SC(=O)N(c3ccc(Cl)cc3)C2=O)c(C)n1-c1ccc(OCc2ccc(Br)cc2)cc1. The van der Waals surface area contributed by atoms with Crippen molar-refractivity contribution in [1.82, 2.24) is 4.57 Å². The molecule has 4 aromatic rings. The van der Waals surface area contributed by atoms with Crippen LogP contribution in [0.5, 0.6) is 5.75 Å². The van der Waals surface area contributed by atoms with Crippen LogP contribution in [0, 0.1) is 13.8 Å². The summed E-state index contributed by atoms with van der Waals surface area (Å²) >= 11 is 10.3. The molecule has 1 aliphatic heterocycles. The molecule has 0 N–H and O–H groups in total. The smallest absolute Gasteiger partial charge is 0.298 e. The molecule has 0 radical (unpaired) electrons. The quantitative estimate of drug-likeness (QED) is 0.211. The number of rotatable bonds is 6. The number of carbonyl (C=O) groups is 2. The summed E-state index contributed by atoms with van der Waals surface area (Å²) < 4.78 is 9.09. The van der Waals surface area contributed by atoms with Gasteiger partial charge in [0.2, 0.25) is 0 Å². The van der Waals surface area contributed by atoms with Crippen LogP contribution in [-0.2, 0) is 11.4 Å². The van der Waals surface area contributed by atoms with E-state index in [9.17, 15) is 9.59 Å². The fourth-order valence-electron chi connectivity index (χ4n) is 4.19. The summed E-state index contributed by atoms with van der Waals surface area (Å²) in [6.07, 6.45) is 1.79. The van der Waals surface area contributed by atoms with E-state index in [-0.39, 0.29) is 11.1 Å². The van der Waals surface area contributed by atoms with Crippen LogP contribution < -0.4 is 9.64 Å². The molecule has 0 spiro atoms. The monoisotopic (exact) mass is 592 g/mol. The van der Waals surface area contributed by atoms with Crippen molar-refractivity contribution in [3.05, 3.63) is 116 Å². The highest BCUT2D eigenvalue weighted by atomic mass is 79.9. The molecule has 3 aromatic carbocycles. The summed E-state index contributed by atoms with van der Waals surface area (Å²) in [6, 6.07) is 24.6. The summed E-state index contributed by atoms with van der Waals surface area (Å²) in [5.74, 6) is 0.444. The lowest BCUT2D eigenvalue weighted by Crippen LogP contribution is -2.27. The lowest BCUT2D eigenvalue weighted by atomic mass is 10.2. The van der Waals surface area contributed by atoms with E-state index in [4.69, 9.17) is 16.3 Å². The molecule has 1 aliphatic rings.